The zero-order chi connectivity index (χ0) is 8.81. The van der Waals surface area contributed by atoms with E-state index >= 15 is 0 Å². The van der Waals surface area contributed by atoms with Gasteiger partial charge >= 0.3 is 0 Å². The molecule has 12 heavy (non-hydrogen) atoms. The SMILES string of the molecule is OCNC(F)CCN1CCCC1. The molecule has 0 radical (unpaired) electrons. The molecule has 0 aromatic rings. The highest BCUT2D eigenvalue weighted by atomic mass is 19.1. The molecule has 1 fully saturated rings. The van der Waals surface area contributed by atoms with E-state index in [0.717, 1.165) is 19.6 Å². The van der Waals surface area contributed by atoms with Gasteiger partial charge in [-0.15, -0.1) is 0 Å². The van der Waals surface area contributed by atoms with Crippen molar-refractivity contribution in [1.29, 1.82) is 0 Å². The molecule has 72 valence electrons. The van der Waals surface area contributed by atoms with Crippen LogP contribution in [0, 0.1) is 0 Å². The normalized spacial score (nSPS) is 21.5. The van der Waals surface area contributed by atoms with Crippen LogP contribution in [-0.4, -0.2) is 42.7 Å². The highest BCUT2D eigenvalue weighted by Crippen LogP contribution is 2.08. The Labute approximate surface area is 72.6 Å². The van der Waals surface area contributed by atoms with Gasteiger partial charge in [-0.3, -0.25) is 5.32 Å². The highest BCUT2D eigenvalue weighted by molar-refractivity contribution is 4.67. The number of nitrogens with zero attached hydrogens (tertiary/aromatic N) is 1. The van der Waals surface area contributed by atoms with Gasteiger partial charge < -0.3 is 10.0 Å². The van der Waals surface area contributed by atoms with Crippen LogP contribution in [-0.2, 0) is 0 Å². The first-order chi connectivity index (χ1) is 5.83. The summed E-state index contributed by atoms with van der Waals surface area (Å²) in [4.78, 5) is 2.26. The first kappa shape index (κ1) is 9.89. The number of nitrogens with one attached hydrogen (secondary N) is 1. The molecule has 1 unspecified atom stereocenters. The van der Waals surface area contributed by atoms with Crippen LogP contribution < -0.4 is 5.32 Å². The molecule has 0 aromatic carbocycles. The van der Waals surface area contributed by atoms with Gasteiger partial charge in [0.25, 0.3) is 0 Å². The van der Waals surface area contributed by atoms with Crippen molar-refractivity contribution in [3.8, 4) is 0 Å². The largest absolute Gasteiger partial charge is 0.381 e. The number of halogens is 1. The molecule has 3 nitrogen and oxygen atoms in total. The van der Waals surface area contributed by atoms with E-state index in [0.29, 0.717) is 6.42 Å². The molecule has 0 saturated carbocycles. The van der Waals surface area contributed by atoms with Crippen LogP contribution in [0.2, 0.25) is 0 Å². The van der Waals surface area contributed by atoms with Crippen molar-refractivity contribution in [2.24, 2.45) is 0 Å². The summed E-state index contributed by atoms with van der Waals surface area (Å²) in [6, 6.07) is 0. The first-order valence-electron chi connectivity index (χ1n) is 4.53. The Morgan fingerprint density at radius 1 is 1.42 bits per heavy atom. The third-order valence-corrected chi connectivity index (χ3v) is 2.21. The molecule has 0 bridgehead atoms. The maximum Gasteiger partial charge on any atom is 0.154 e. The second-order valence-corrected chi connectivity index (χ2v) is 3.17. The van der Waals surface area contributed by atoms with Gasteiger partial charge in [-0.25, -0.2) is 4.39 Å². The minimum atomic E-state index is -1.06. The van der Waals surface area contributed by atoms with Crippen LogP contribution in [0.5, 0.6) is 0 Å². The van der Waals surface area contributed by atoms with E-state index in [4.69, 9.17) is 5.11 Å². The standard InChI is InChI=1S/C8H17FN2O/c9-8(10-7-12)3-6-11-4-1-2-5-11/h8,10,12H,1-7H2. The zero-order valence-electron chi connectivity index (χ0n) is 7.30. The van der Waals surface area contributed by atoms with Gasteiger partial charge in [0.1, 0.15) is 0 Å². The summed E-state index contributed by atoms with van der Waals surface area (Å²) in [5.41, 5.74) is 0. The minimum Gasteiger partial charge on any atom is -0.381 e. The van der Waals surface area contributed by atoms with E-state index in [2.05, 4.69) is 10.2 Å². The number of hydrogen-bond donors (Lipinski definition) is 2. The van der Waals surface area contributed by atoms with Crippen molar-refractivity contribution in [3.05, 3.63) is 0 Å². The predicted molar refractivity (Wildman–Crippen MR) is 45.4 cm³/mol. The Morgan fingerprint density at radius 3 is 2.67 bits per heavy atom. The van der Waals surface area contributed by atoms with Gasteiger partial charge in [-0.05, 0) is 25.9 Å². The summed E-state index contributed by atoms with van der Waals surface area (Å²) in [5.74, 6) is 0. The molecule has 1 heterocycles. The van der Waals surface area contributed by atoms with Gasteiger partial charge in [-0.2, -0.15) is 0 Å². The average molecular weight is 176 g/mol. The smallest absolute Gasteiger partial charge is 0.154 e. The predicted octanol–water partition coefficient (Wildman–Crippen LogP) is 0.307. The lowest BCUT2D eigenvalue weighted by atomic mass is 10.3. The second kappa shape index (κ2) is 5.45. The van der Waals surface area contributed by atoms with Crippen LogP contribution in [0.4, 0.5) is 4.39 Å². The number of likely N-dealkylation sites (tertiary alicyclic amines) is 1. The van der Waals surface area contributed by atoms with Gasteiger partial charge in [0, 0.05) is 13.0 Å². The minimum absolute atomic E-state index is 0.277. The van der Waals surface area contributed by atoms with Gasteiger partial charge in [0.05, 0.1) is 6.73 Å². The van der Waals surface area contributed by atoms with Gasteiger partial charge in [-0.1, -0.05) is 0 Å². The molecule has 0 spiro atoms. The lowest BCUT2D eigenvalue weighted by molar-refractivity contribution is 0.158. The first-order valence-corrected chi connectivity index (χ1v) is 4.53. The summed E-state index contributed by atoms with van der Waals surface area (Å²) in [5, 5.41) is 10.7. The number of hydrogen-bond acceptors (Lipinski definition) is 3. The fourth-order valence-corrected chi connectivity index (χ4v) is 1.50. The summed E-state index contributed by atoms with van der Waals surface area (Å²) < 4.78 is 12.8. The number of aliphatic hydroxyl groups is 1. The van der Waals surface area contributed by atoms with Crippen LogP contribution in [0.25, 0.3) is 0 Å². The average Bonchev–Trinajstić information content (AvgIpc) is 2.53. The molecule has 1 aliphatic heterocycles. The summed E-state index contributed by atoms with van der Waals surface area (Å²) >= 11 is 0. The second-order valence-electron chi connectivity index (χ2n) is 3.17. The van der Waals surface area contributed by atoms with E-state index < -0.39 is 6.30 Å². The fraction of sp³-hybridized carbons (Fsp3) is 1.00. The summed E-state index contributed by atoms with van der Waals surface area (Å²) in [7, 11) is 0. The number of rotatable bonds is 5. The fourth-order valence-electron chi connectivity index (χ4n) is 1.50. The monoisotopic (exact) mass is 176 g/mol. The zero-order valence-corrected chi connectivity index (χ0v) is 7.30. The molecule has 0 amide bonds. The number of aliphatic hydroxyl groups excluding tert-OH is 1. The summed E-state index contributed by atoms with van der Waals surface area (Å²) in [6.45, 7) is 2.73. The Morgan fingerprint density at radius 2 is 2.08 bits per heavy atom. The van der Waals surface area contributed by atoms with Gasteiger partial charge in [0.2, 0.25) is 0 Å². The maximum atomic E-state index is 12.8. The van der Waals surface area contributed by atoms with Crippen molar-refractivity contribution < 1.29 is 9.50 Å². The van der Waals surface area contributed by atoms with Crippen LogP contribution in [0.1, 0.15) is 19.3 Å². The molecule has 1 rings (SSSR count). The van der Waals surface area contributed by atoms with Gasteiger partial charge in [0.15, 0.2) is 6.30 Å². The van der Waals surface area contributed by atoms with E-state index in [1.807, 2.05) is 0 Å². The van der Waals surface area contributed by atoms with E-state index in [1.54, 1.807) is 0 Å². The van der Waals surface area contributed by atoms with Crippen molar-refractivity contribution in [2.45, 2.75) is 25.6 Å². The molecule has 1 aliphatic rings. The molecular formula is C8H17FN2O. The Balaban J connectivity index is 1.99. The third-order valence-electron chi connectivity index (χ3n) is 2.21. The topological polar surface area (TPSA) is 35.5 Å². The van der Waals surface area contributed by atoms with Crippen LogP contribution in [0.3, 0.4) is 0 Å². The van der Waals surface area contributed by atoms with Crippen molar-refractivity contribution >= 4 is 0 Å². The van der Waals surface area contributed by atoms with Crippen molar-refractivity contribution in [3.63, 3.8) is 0 Å². The molecule has 2 N–H and O–H groups in total. The maximum absolute atomic E-state index is 12.8. The quantitative estimate of drug-likeness (QED) is 0.467. The number of alkyl halides is 1. The summed E-state index contributed by atoms with van der Waals surface area (Å²) in [6.07, 6.45) is 1.89. The van der Waals surface area contributed by atoms with E-state index in [1.165, 1.54) is 12.8 Å². The molecular weight excluding hydrogens is 159 g/mol. The molecule has 1 saturated heterocycles. The van der Waals surface area contributed by atoms with Crippen LogP contribution in [0.15, 0.2) is 0 Å². The van der Waals surface area contributed by atoms with Crippen LogP contribution >= 0.6 is 0 Å². The lowest BCUT2D eigenvalue weighted by Crippen LogP contribution is -2.30. The Hall–Kier alpha value is -0.190. The molecule has 1 atom stereocenters. The van der Waals surface area contributed by atoms with Crippen molar-refractivity contribution in [2.75, 3.05) is 26.4 Å². The third kappa shape index (κ3) is 3.47. The molecule has 4 heteroatoms. The lowest BCUT2D eigenvalue weighted by Gasteiger charge is -2.16. The molecule has 0 aliphatic carbocycles. The Kier molecular flexibility index (Phi) is 4.50. The highest BCUT2D eigenvalue weighted by Gasteiger charge is 2.13. The van der Waals surface area contributed by atoms with E-state index in [9.17, 15) is 4.39 Å². The van der Waals surface area contributed by atoms with E-state index in [-0.39, 0.29) is 6.73 Å². The van der Waals surface area contributed by atoms with Crippen molar-refractivity contribution in [1.82, 2.24) is 10.2 Å². The molecule has 0 aromatic heterocycles. The Bertz CT molecular complexity index is 118.